The summed E-state index contributed by atoms with van der Waals surface area (Å²) in [4.78, 5) is 8.57. The molecule has 0 spiro atoms. The highest BCUT2D eigenvalue weighted by molar-refractivity contribution is 5.53. The number of hydrazine groups is 1. The van der Waals surface area contributed by atoms with Crippen molar-refractivity contribution in [1.82, 2.24) is 9.97 Å². The zero-order valence-corrected chi connectivity index (χ0v) is 13.6. The van der Waals surface area contributed by atoms with Crippen LogP contribution in [0.4, 0.5) is 35.0 Å². The Balaban J connectivity index is 1.85. The van der Waals surface area contributed by atoms with E-state index in [0.717, 1.165) is 18.5 Å². The molecule has 2 aromatic rings. The Kier molecular flexibility index (Phi) is 4.65. The SMILES string of the molecule is CC(C)Nc1nc(NNc2c(F)c(F)cc(F)c2F)cc(C2CC2)n1. The largest absolute Gasteiger partial charge is 0.352 e. The number of nitrogens with zero attached hydrogens (tertiary/aromatic N) is 2. The Hall–Kier alpha value is -2.58. The molecule has 0 aliphatic heterocycles. The van der Waals surface area contributed by atoms with Crippen molar-refractivity contribution in [3.8, 4) is 0 Å². The Morgan fingerprint density at radius 3 is 2.16 bits per heavy atom. The van der Waals surface area contributed by atoms with Gasteiger partial charge >= 0.3 is 0 Å². The van der Waals surface area contributed by atoms with Crippen LogP contribution in [0.15, 0.2) is 12.1 Å². The topological polar surface area (TPSA) is 61.9 Å². The number of hydrogen-bond acceptors (Lipinski definition) is 5. The second-order valence-corrected chi connectivity index (χ2v) is 6.17. The predicted molar refractivity (Wildman–Crippen MR) is 86.3 cm³/mol. The molecular weight excluding hydrogens is 338 g/mol. The smallest absolute Gasteiger partial charge is 0.225 e. The first-order valence-corrected chi connectivity index (χ1v) is 7.85. The van der Waals surface area contributed by atoms with Crippen LogP contribution in [0.3, 0.4) is 0 Å². The molecule has 0 bridgehead atoms. The molecular formula is C16H17F4N5. The molecule has 0 unspecified atom stereocenters. The molecule has 1 aliphatic carbocycles. The summed E-state index contributed by atoms with van der Waals surface area (Å²) in [6.45, 7) is 3.83. The third-order valence-corrected chi connectivity index (χ3v) is 3.59. The van der Waals surface area contributed by atoms with Crippen LogP contribution in [-0.4, -0.2) is 16.0 Å². The highest BCUT2D eigenvalue weighted by atomic mass is 19.2. The molecule has 3 N–H and O–H groups in total. The van der Waals surface area contributed by atoms with E-state index in [2.05, 4.69) is 26.1 Å². The van der Waals surface area contributed by atoms with Crippen molar-refractivity contribution in [2.45, 2.75) is 38.6 Å². The van der Waals surface area contributed by atoms with Gasteiger partial charge in [0.2, 0.25) is 5.95 Å². The van der Waals surface area contributed by atoms with Crippen molar-refractivity contribution < 1.29 is 17.6 Å². The molecule has 5 nitrogen and oxygen atoms in total. The second kappa shape index (κ2) is 6.73. The van der Waals surface area contributed by atoms with Crippen LogP contribution in [0.1, 0.15) is 38.3 Å². The van der Waals surface area contributed by atoms with E-state index in [0.29, 0.717) is 11.9 Å². The van der Waals surface area contributed by atoms with Crippen LogP contribution in [0, 0.1) is 23.3 Å². The Morgan fingerprint density at radius 1 is 0.960 bits per heavy atom. The first-order valence-electron chi connectivity index (χ1n) is 7.85. The van der Waals surface area contributed by atoms with Crippen molar-refractivity contribution in [2.75, 3.05) is 16.2 Å². The fraction of sp³-hybridized carbons (Fsp3) is 0.375. The molecule has 0 amide bonds. The van der Waals surface area contributed by atoms with Crippen LogP contribution in [0.5, 0.6) is 0 Å². The summed E-state index contributed by atoms with van der Waals surface area (Å²) >= 11 is 0. The van der Waals surface area contributed by atoms with E-state index in [1.807, 2.05) is 13.8 Å². The Morgan fingerprint density at radius 2 is 1.60 bits per heavy atom. The van der Waals surface area contributed by atoms with Crippen LogP contribution in [0.2, 0.25) is 0 Å². The van der Waals surface area contributed by atoms with Gasteiger partial charge in [-0.2, -0.15) is 4.98 Å². The average molecular weight is 355 g/mol. The number of aromatic nitrogens is 2. The minimum atomic E-state index is -1.52. The fourth-order valence-electron chi connectivity index (χ4n) is 2.25. The van der Waals surface area contributed by atoms with Crippen molar-refractivity contribution in [3.63, 3.8) is 0 Å². The standard InChI is InChI=1S/C16H17F4N5/c1-7(2)21-16-22-11(8-3-4-8)6-12(23-16)24-25-15-13(19)9(17)5-10(18)14(15)20/h5-8,25H,3-4H2,1-2H3,(H2,21,22,23,24). The molecule has 1 aromatic carbocycles. The van der Waals surface area contributed by atoms with Gasteiger partial charge in [-0.3, -0.25) is 10.9 Å². The summed E-state index contributed by atoms with van der Waals surface area (Å²) in [6.07, 6.45) is 2.01. The van der Waals surface area contributed by atoms with E-state index in [9.17, 15) is 17.6 Å². The van der Waals surface area contributed by atoms with Crippen LogP contribution in [0.25, 0.3) is 0 Å². The zero-order chi connectivity index (χ0) is 18.1. The molecule has 1 heterocycles. The highest BCUT2D eigenvalue weighted by Gasteiger charge is 2.26. The number of anilines is 3. The number of benzene rings is 1. The van der Waals surface area contributed by atoms with E-state index < -0.39 is 29.0 Å². The zero-order valence-electron chi connectivity index (χ0n) is 13.6. The van der Waals surface area contributed by atoms with E-state index in [-0.39, 0.29) is 17.9 Å². The van der Waals surface area contributed by atoms with Crippen molar-refractivity contribution >= 4 is 17.5 Å². The lowest BCUT2D eigenvalue weighted by Crippen LogP contribution is -2.17. The fourth-order valence-corrected chi connectivity index (χ4v) is 2.25. The van der Waals surface area contributed by atoms with Gasteiger partial charge in [0, 0.05) is 24.1 Å². The van der Waals surface area contributed by atoms with Gasteiger partial charge in [0.05, 0.1) is 5.69 Å². The number of nitrogens with one attached hydrogen (secondary N) is 3. The van der Waals surface area contributed by atoms with E-state index in [1.165, 1.54) is 0 Å². The molecule has 1 aliphatic rings. The minimum Gasteiger partial charge on any atom is -0.352 e. The van der Waals surface area contributed by atoms with Crippen LogP contribution in [-0.2, 0) is 0 Å². The molecule has 134 valence electrons. The van der Waals surface area contributed by atoms with Gasteiger partial charge in [0.25, 0.3) is 0 Å². The summed E-state index contributed by atoms with van der Waals surface area (Å²) in [6, 6.07) is 1.86. The minimum absolute atomic E-state index is 0.0856. The summed E-state index contributed by atoms with van der Waals surface area (Å²) in [5, 5.41) is 3.05. The average Bonchev–Trinajstić information content (AvgIpc) is 3.37. The molecule has 9 heteroatoms. The number of hydrogen-bond donors (Lipinski definition) is 3. The molecule has 0 saturated heterocycles. The maximum atomic E-state index is 13.7. The van der Waals surface area contributed by atoms with Gasteiger partial charge in [-0.1, -0.05) is 0 Å². The lowest BCUT2D eigenvalue weighted by atomic mass is 10.2. The van der Waals surface area contributed by atoms with Gasteiger partial charge in [-0.15, -0.1) is 0 Å². The van der Waals surface area contributed by atoms with Crippen molar-refractivity contribution in [2.24, 2.45) is 0 Å². The maximum absolute atomic E-state index is 13.7. The third-order valence-electron chi connectivity index (χ3n) is 3.59. The summed E-state index contributed by atoms with van der Waals surface area (Å²) in [7, 11) is 0. The molecule has 0 radical (unpaired) electrons. The lowest BCUT2D eigenvalue weighted by molar-refractivity contribution is 0.459. The maximum Gasteiger partial charge on any atom is 0.225 e. The van der Waals surface area contributed by atoms with E-state index in [1.54, 1.807) is 6.07 Å². The van der Waals surface area contributed by atoms with Crippen LogP contribution >= 0.6 is 0 Å². The van der Waals surface area contributed by atoms with Gasteiger partial charge in [-0.05, 0) is 26.7 Å². The Bertz CT molecular complexity index is 766. The quantitative estimate of drug-likeness (QED) is 0.412. The van der Waals surface area contributed by atoms with Gasteiger partial charge in [0.1, 0.15) is 11.5 Å². The predicted octanol–water partition coefficient (Wildman–Crippen LogP) is 4.17. The van der Waals surface area contributed by atoms with Gasteiger partial charge < -0.3 is 5.32 Å². The van der Waals surface area contributed by atoms with E-state index >= 15 is 0 Å². The van der Waals surface area contributed by atoms with Gasteiger partial charge in [-0.25, -0.2) is 22.5 Å². The number of rotatable bonds is 6. The first-order chi connectivity index (χ1) is 11.8. The van der Waals surface area contributed by atoms with Gasteiger partial charge in [0.15, 0.2) is 23.3 Å². The summed E-state index contributed by atoms with van der Waals surface area (Å²) < 4.78 is 53.9. The van der Waals surface area contributed by atoms with Crippen molar-refractivity contribution in [3.05, 3.63) is 41.1 Å². The summed E-state index contributed by atoms with van der Waals surface area (Å²) in [5.41, 5.74) is 4.46. The molecule has 0 atom stereocenters. The first kappa shape index (κ1) is 17.2. The Labute approximate surface area is 141 Å². The molecule has 25 heavy (non-hydrogen) atoms. The molecule has 1 aromatic heterocycles. The number of halogens is 4. The molecule has 3 rings (SSSR count). The summed E-state index contributed by atoms with van der Waals surface area (Å²) in [5.74, 6) is -5.14. The molecule has 1 saturated carbocycles. The van der Waals surface area contributed by atoms with Crippen LogP contribution < -0.4 is 16.2 Å². The normalized spacial score (nSPS) is 13.9. The lowest BCUT2D eigenvalue weighted by Gasteiger charge is -2.15. The monoisotopic (exact) mass is 355 g/mol. The van der Waals surface area contributed by atoms with Crippen molar-refractivity contribution in [1.29, 1.82) is 0 Å². The molecule has 1 fully saturated rings. The highest BCUT2D eigenvalue weighted by Crippen LogP contribution is 2.40. The second-order valence-electron chi connectivity index (χ2n) is 6.17. The third kappa shape index (κ3) is 3.92. The van der Waals surface area contributed by atoms with E-state index in [4.69, 9.17) is 0 Å².